The van der Waals surface area contributed by atoms with Crippen LogP contribution in [0.2, 0.25) is 0 Å². The molecule has 0 radical (unpaired) electrons. The van der Waals surface area contributed by atoms with Crippen LogP contribution >= 0.6 is 11.3 Å². The number of imidazole rings is 1. The number of thiophene rings is 1. The zero-order chi connectivity index (χ0) is 28.7. The topological polar surface area (TPSA) is 130 Å². The average Bonchev–Trinajstić information content (AvgIpc) is 3.31. The molecule has 1 aromatic carbocycles. The lowest BCUT2D eigenvalue weighted by molar-refractivity contribution is 0.0899. The van der Waals surface area contributed by atoms with Crippen LogP contribution in [0.5, 0.6) is 0 Å². The summed E-state index contributed by atoms with van der Waals surface area (Å²) in [5.74, 6) is -0.434. The molecule has 2 amide bonds. The highest BCUT2D eigenvalue weighted by atomic mass is 32.2. The van der Waals surface area contributed by atoms with Crippen LogP contribution in [-0.4, -0.2) is 53.6 Å². The quantitative estimate of drug-likeness (QED) is 0.260. The number of aliphatic hydroxyl groups is 1. The maximum atomic E-state index is 13.6. The molecule has 0 aliphatic heterocycles. The first-order valence-electron chi connectivity index (χ1n) is 13.1. The van der Waals surface area contributed by atoms with Gasteiger partial charge in [0.25, 0.3) is 11.8 Å². The highest BCUT2D eigenvalue weighted by Crippen LogP contribution is 2.46. The van der Waals surface area contributed by atoms with E-state index in [0.29, 0.717) is 29.0 Å². The molecule has 3 N–H and O–H groups in total. The minimum Gasteiger partial charge on any atom is -0.394 e. The zero-order valence-electron chi connectivity index (χ0n) is 22.5. The molecule has 9 nitrogen and oxygen atoms in total. The van der Waals surface area contributed by atoms with Crippen molar-refractivity contribution >= 4 is 38.6 Å². The van der Waals surface area contributed by atoms with Crippen molar-refractivity contribution in [2.24, 2.45) is 5.92 Å². The van der Waals surface area contributed by atoms with Gasteiger partial charge in [-0.1, -0.05) is 26.0 Å². The molecule has 210 valence electrons. The van der Waals surface area contributed by atoms with Gasteiger partial charge in [0.05, 0.1) is 28.6 Å². The molecule has 0 bridgehead atoms. The van der Waals surface area contributed by atoms with Crippen molar-refractivity contribution in [3.63, 3.8) is 0 Å². The first kappa shape index (κ1) is 28.0. The fraction of sp³-hybridized carbons (Fsp3) is 0.345. The normalized spacial score (nSPS) is 15.2. The van der Waals surface area contributed by atoms with Crippen molar-refractivity contribution in [2.45, 2.75) is 49.6 Å². The lowest BCUT2D eigenvalue weighted by atomic mass is 10.0. The van der Waals surface area contributed by atoms with Crippen LogP contribution in [0.4, 0.5) is 0 Å². The fourth-order valence-corrected chi connectivity index (χ4v) is 6.25. The van der Waals surface area contributed by atoms with Gasteiger partial charge in [-0.05, 0) is 66.5 Å². The van der Waals surface area contributed by atoms with E-state index in [-0.39, 0.29) is 29.2 Å². The fourth-order valence-electron chi connectivity index (χ4n) is 4.98. The van der Waals surface area contributed by atoms with Gasteiger partial charge in [-0.3, -0.25) is 14.0 Å². The summed E-state index contributed by atoms with van der Waals surface area (Å²) in [5, 5.41) is 19.7. The molecule has 1 aliphatic rings. The minimum absolute atomic E-state index is 0.185. The number of aromatic nitrogens is 2. The van der Waals surface area contributed by atoms with E-state index in [2.05, 4.69) is 10.6 Å². The smallest absolute Gasteiger partial charge is 0.270 e. The number of nitrogens with one attached hydrogen (secondary N) is 2. The van der Waals surface area contributed by atoms with Gasteiger partial charge in [-0.25, -0.2) is 13.4 Å². The number of benzene rings is 1. The van der Waals surface area contributed by atoms with E-state index in [1.807, 2.05) is 30.7 Å². The SMILES string of the molecule is CC(C)CC(CO)NC(=O)c1c(-c2ccsc2)nc2c(C(=O)NC3(c4ccc(S(C)(=O)=O)cc4)CC3)cccn12. The van der Waals surface area contributed by atoms with E-state index in [9.17, 15) is 23.1 Å². The average molecular weight is 581 g/mol. The number of rotatable bonds is 10. The van der Waals surface area contributed by atoms with Crippen LogP contribution in [0.1, 0.15) is 59.5 Å². The summed E-state index contributed by atoms with van der Waals surface area (Å²) < 4.78 is 25.4. The molecule has 0 saturated heterocycles. The summed E-state index contributed by atoms with van der Waals surface area (Å²) in [5.41, 5.74) is 2.42. The largest absolute Gasteiger partial charge is 0.394 e. The highest BCUT2D eigenvalue weighted by Gasteiger charge is 2.46. The Morgan fingerprint density at radius 2 is 1.85 bits per heavy atom. The Kier molecular flexibility index (Phi) is 7.56. The van der Waals surface area contributed by atoms with Gasteiger partial charge in [-0.15, -0.1) is 0 Å². The minimum atomic E-state index is -3.32. The van der Waals surface area contributed by atoms with Crippen molar-refractivity contribution in [1.29, 1.82) is 0 Å². The number of carbonyl (C=O) groups excluding carboxylic acids is 2. The molecule has 0 spiro atoms. The number of carbonyl (C=O) groups is 2. The summed E-state index contributed by atoms with van der Waals surface area (Å²) in [6, 6.07) is 11.4. The highest BCUT2D eigenvalue weighted by molar-refractivity contribution is 7.90. The van der Waals surface area contributed by atoms with Crippen molar-refractivity contribution < 1.29 is 23.1 Å². The van der Waals surface area contributed by atoms with E-state index < -0.39 is 21.4 Å². The molecule has 1 atom stereocenters. The van der Waals surface area contributed by atoms with Crippen LogP contribution in [-0.2, 0) is 15.4 Å². The first-order valence-corrected chi connectivity index (χ1v) is 15.9. The maximum absolute atomic E-state index is 13.6. The van der Waals surface area contributed by atoms with Gasteiger partial charge >= 0.3 is 0 Å². The molecular weight excluding hydrogens is 548 g/mol. The first-order chi connectivity index (χ1) is 19.0. The van der Waals surface area contributed by atoms with Crippen molar-refractivity contribution in [1.82, 2.24) is 20.0 Å². The van der Waals surface area contributed by atoms with Gasteiger partial charge in [0.2, 0.25) is 0 Å². The number of pyridine rings is 1. The predicted octanol–water partition coefficient (Wildman–Crippen LogP) is 4.02. The maximum Gasteiger partial charge on any atom is 0.270 e. The van der Waals surface area contributed by atoms with Crippen LogP contribution < -0.4 is 10.6 Å². The van der Waals surface area contributed by atoms with Crippen LogP contribution in [0.3, 0.4) is 0 Å². The molecule has 3 heterocycles. The van der Waals surface area contributed by atoms with Crippen molar-refractivity contribution in [3.05, 3.63) is 76.2 Å². The van der Waals surface area contributed by atoms with Gasteiger partial charge in [0, 0.05) is 23.4 Å². The van der Waals surface area contributed by atoms with Crippen molar-refractivity contribution in [2.75, 3.05) is 12.9 Å². The van der Waals surface area contributed by atoms with Gasteiger partial charge in [0.15, 0.2) is 15.5 Å². The molecule has 3 aromatic heterocycles. The van der Waals surface area contributed by atoms with E-state index in [1.165, 1.54) is 11.3 Å². The van der Waals surface area contributed by atoms with E-state index in [0.717, 1.165) is 30.2 Å². The molecule has 40 heavy (non-hydrogen) atoms. The standard InChI is InChI=1S/C29H32N4O5S2/c1-18(2)15-21(16-34)30-28(36)25-24(19-10-14-39-17-19)31-26-23(5-4-13-33(25)26)27(35)32-29(11-12-29)20-6-8-22(9-7-20)40(3,37)38/h4-10,13-14,17-18,21,34H,11-12,15-16H2,1-3H3,(H,30,36)(H,32,35). The third kappa shape index (κ3) is 5.54. The zero-order valence-corrected chi connectivity index (χ0v) is 24.2. The van der Waals surface area contributed by atoms with Crippen LogP contribution in [0.15, 0.2) is 64.3 Å². The summed E-state index contributed by atoms with van der Waals surface area (Å²) >= 11 is 1.48. The Balaban J connectivity index is 1.50. The monoisotopic (exact) mass is 580 g/mol. The summed E-state index contributed by atoms with van der Waals surface area (Å²) in [6.45, 7) is 3.87. The summed E-state index contributed by atoms with van der Waals surface area (Å²) in [7, 11) is -3.32. The molecule has 1 fully saturated rings. The number of sulfone groups is 1. The molecular formula is C29H32N4O5S2. The van der Waals surface area contributed by atoms with E-state index in [1.54, 1.807) is 47.0 Å². The second-order valence-corrected chi connectivity index (χ2v) is 13.5. The van der Waals surface area contributed by atoms with Crippen LogP contribution in [0.25, 0.3) is 16.9 Å². The Morgan fingerprint density at radius 1 is 1.12 bits per heavy atom. The second kappa shape index (κ2) is 10.8. The van der Waals surface area contributed by atoms with Crippen molar-refractivity contribution in [3.8, 4) is 11.3 Å². The number of hydrogen-bond donors (Lipinski definition) is 3. The second-order valence-electron chi connectivity index (χ2n) is 10.8. The molecule has 5 rings (SSSR count). The van der Waals surface area contributed by atoms with E-state index in [4.69, 9.17) is 4.98 Å². The molecule has 11 heteroatoms. The Labute approximate surface area is 237 Å². The molecule has 1 saturated carbocycles. The molecule has 1 aliphatic carbocycles. The lowest BCUT2D eigenvalue weighted by Crippen LogP contribution is -2.39. The summed E-state index contributed by atoms with van der Waals surface area (Å²) in [4.78, 5) is 32.2. The molecule has 1 unspecified atom stereocenters. The Hall–Kier alpha value is -3.54. The van der Waals surface area contributed by atoms with Gasteiger partial charge in [0.1, 0.15) is 11.4 Å². The van der Waals surface area contributed by atoms with Gasteiger partial charge in [-0.2, -0.15) is 11.3 Å². The summed E-state index contributed by atoms with van der Waals surface area (Å²) in [6.07, 6.45) is 4.93. The Morgan fingerprint density at radius 3 is 2.42 bits per heavy atom. The number of fused-ring (bicyclic) bond motifs is 1. The number of aliphatic hydroxyl groups excluding tert-OH is 1. The van der Waals surface area contributed by atoms with E-state index >= 15 is 0 Å². The third-order valence-corrected chi connectivity index (χ3v) is 8.97. The number of nitrogens with zero attached hydrogens (tertiary/aromatic N) is 2. The van der Waals surface area contributed by atoms with Gasteiger partial charge < -0.3 is 15.7 Å². The predicted molar refractivity (Wildman–Crippen MR) is 154 cm³/mol. The third-order valence-electron chi connectivity index (χ3n) is 7.15. The number of amides is 2. The lowest BCUT2D eigenvalue weighted by Gasteiger charge is -2.19. The Bertz CT molecular complexity index is 1650. The van der Waals surface area contributed by atoms with Crippen LogP contribution in [0, 0.1) is 5.92 Å². The number of hydrogen-bond acceptors (Lipinski definition) is 7. The molecule has 4 aromatic rings.